The van der Waals surface area contributed by atoms with Gasteiger partial charge in [-0.3, -0.25) is 0 Å². The molecular formula is C24H29ClN2. The van der Waals surface area contributed by atoms with Crippen molar-refractivity contribution in [3.8, 4) is 0 Å². The lowest BCUT2D eigenvalue weighted by atomic mass is 9.96. The number of aromatic nitrogens is 1. The number of para-hydroxylation sites is 1. The summed E-state index contributed by atoms with van der Waals surface area (Å²) in [5.74, 6) is 0. The first kappa shape index (κ1) is 18.6. The first-order valence-electron chi connectivity index (χ1n) is 10.3. The lowest BCUT2D eigenvalue weighted by Gasteiger charge is -2.21. The first-order valence-corrected chi connectivity index (χ1v) is 10.7. The molecule has 1 heterocycles. The minimum Gasteiger partial charge on any atom is -0.343 e. The Hall–Kier alpha value is -1.77. The molecule has 1 aliphatic rings. The van der Waals surface area contributed by atoms with Crippen LogP contribution in [0.15, 0.2) is 54.7 Å². The molecule has 4 rings (SSSR count). The van der Waals surface area contributed by atoms with E-state index in [1.165, 1.54) is 67.0 Å². The van der Waals surface area contributed by atoms with Crippen LogP contribution in [0.25, 0.3) is 10.9 Å². The lowest BCUT2D eigenvalue weighted by Crippen LogP contribution is -2.29. The van der Waals surface area contributed by atoms with E-state index in [0.717, 1.165) is 18.1 Å². The van der Waals surface area contributed by atoms with Gasteiger partial charge in [0.2, 0.25) is 0 Å². The fourth-order valence-electron chi connectivity index (χ4n) is 4.32. The molecule has 142 valence electrons. The fraction of sp³-hybridized carbons (Fsp3) is 0.417. The van der Waals surface area contributed by atoms with E-state index in [4.69, 9.17) is 11.6 Å². The van der Waals surface area contributed by atoms with E-state index in [9.17, 15) is 0 Å². The van der Waals surface area contributed by atoms with Crippen molar-refractivity contribution in [1.82, 2.24) is 9.88 Å². The Morgan fingerprint density at radius 2 is 1.56 bits per heavy atom. The number of nitrogens with zero attached hydrogens (tertiary/aromatic N) is 1. The van der Waals surface area contributed by atoms with Crippen LogP contribution in [0.4, 0.5) is 0 Å². The monoisotopic (exact) mass is 380 g/mol. The van der Waals surface area contributed by atoms with E-state index < -0.39 is 0 Å². The zero-order valence-electron chi connectivity index (χ0n) is 16.0. The molecule has 0 amide bonds. The second kappa shape index (κ2) is 8.95. The highest BCUT2D eigenvalue weighted by Gasteiger charge is 2.13. The zero-order chi connectivity index (χ0) is 18.5. The summed E-state index contributed by atoms with van der Waals surface area (Å²) in [5.41, 5.74) is 3.84. The number of fused-ring (bicyclic) bond motifs is 1. The van der Waals surface area contributed by atoms with E-state index in [0.29, 0.717) is 6.04 Å². The highest BCUT2D eigenvalue weighted by atomic mass is 35.5. The third-order valence-corrected chi connectivity index (χ3v) is 6.22. The van der Waals surface area contributed by atoms with Crippen molar-refractivity contribution in [2.24, 2.45) is 0 Å². The van der Waals surface area contributed by atoms with Gasteiger partial charge in [-0.2, -0.15) is 0 Å². The topological polar surface area (TPSA) is 17.0 Å². The third-order valence-electron chi connectivity index (χ3n) is 5.86. The number of rotatable bonds is 5. The van der Waals surface area contributed by atoms with Crippen LogP contribution >= 0.6 is 11.6 Å². The smallest absolute Gasteiger partial charge is 0.0491 e. The standard InChI is InChI=1S/C24H29ClN2/c25-23-14-8-6-10-19(23)17-27-18-20(22-13-7-9-15-24(22)27)16-26-21-11-4-2-1-3-5-12-21/h6-10,13-15,18,21,26H,1-5,11-12,16-17H2. The Kier molecular flexibility index (Phi) is 6.16. The summed E-state index contributed by atoms with van der Waals surface area (Å²) in [5, 5.41) is 6.03. The average molecular weight is 381 g/mol. The molecule has 1 aliphatic carbocycles. The van der Waals surface area contributed by atoms with E-state index >= 15 is 0 Å². The fourth-order valence-corrected chi connectivity index (χ4v) is 4.51. The zero-order valence-corrected chi connectivity index (χ0v) is 16.7. The molecule has 0 saturated heterocycles. The second-order valence-electron chi connectivity index (χ2n) is 7.81. The van der Waals surface area contributed by atoms with Crippen LogP contribution < -0.4 is 5.32 Å². The quantitative estimate of drug-likeness (QED) is 0.531. The van der Waals surface area contributed by atoms with Crippen molar-refractivity contribution in [2.75, 3.05) is 0 Å². The van der Waals surface area contributed by atoms with E-state index in [2.05, 4.69) is 52.5 Å². The lowest BCUT2D eigenvalue weighted by molar-refractivity contribution is 0.389. The minimum absolute atomic E-state index is 0.663. The molecule has 0 aliphatic heterocycles. The number of nitrogens with one attached hydrogen (secondary N) is 1. The van der Waals surface area contributed by atoms with Crippen LogP contribution in [0.1, 0.15) is 56.1 Å². The van der Waals surface area contributed by atoms with Gasteiger partial charge in [-0.1, -0.05) is 80.1 Å². The predicted molar refractivity (Wildman–Crippen MR) is 115 cm³/mol. The van der Waals surface area contributed by atoms with Gasteiger partial charge in [0.1, 0.15) is 0 Å². The van der Waals surface area contributed by atoms with Crippen LogP contribution in [0, 0.1) is 0 Å². The summed E-state index contributed by atoms with van der Waals surface area (Å²) in [4.78, 5) is 0. The summed E-state index contributed by atoms with van der Waals surface area (Å²) in [6.45, 7) is 1.75. The molecule has 0 atom stereocenters. The van der Waals surface area contributed by atoms with Gasteiger partial charge in [-0.25, -0.2) is 0 Å². The van der Waals surface area contributed by atoms with Crippen molar-refractivity contribution >= 4 is 22.5 Å². The maximum Gasteiger partial charge on any atom is 0.0491 e. The Morgan fingerprint density at radius 1 is 0.852 bits per heavy atom. The third kappa shape index (κ3) is 4.56. The van der Waals surface area contributed by atoms with Gasteiger partial charge in [-0.15, -0.1) is 0 Å². The van der Waals surface area contributed by atoms with Crippen molar-refractivity contribution in [1.29, 1.82) is 0 Å². The van der Waals surface area contributed by atoms with Crippen LogP contribution in [-0.2, 0) is 13.1 Å². The Labute approximate surface area is 167 Å². The molecule has 1 N–H and O–H groups in total. The van der Waals surface area contributed by atoms with Gasteiger partial charge in [0.05, 0.1) is 0 Å². The van der Waals surface area contributed by atoms with Crippen molar-refractivity contribution in [3.05, 3.63) is 70.9 Å². The summed E-state index contributed by atoms with van der Waals surface area (Å²) >= 11 is 6.40. The molecule has 0 unspecified atom stereocenters. The van der Waals surface area contributed by atoms with Gasteiger partial charge in [-0.05, 0) is 36.1 Å². The maximum absolute atomic E-state index is 6.40. The summed E-state index contributed by atoms with van der Waals surface area (Å²) in [6.07, 6.45) is 11.9. The van der Waals surface area contributed by atoms with Gasteiger partial charge >= 0.3 is 0 Å². The summed E-state index contributed by atoms with van der Waals surface area (Å²) in [7, 11) is 0. The molecule has 2 aromatic carbocycles. The highest BCUT2D eigenvalue weighted by molar-refractivity contribution is 6.31. The number of halogens is 1. The minimum atomic E-state index is 0.663. The van der Waals surface area contributed by atoms with Crippen molar-refractivity contribution in [2.45, 2.75) is 64.1 Å². The van der Waals surface area contributed by atoms with Gasteiger partial charge in [0.25, 0.3) is 0 Å². The molecule has 0 spiro atoms. The largest absolute Gasteiger partial charge is 0.343 e. The van der Waals surface area contributed by atoms with Crippen LogP contribution in [0.2, 0.25) is 5.02 Å². The average Bonchev–Trinajstić information content (AvgIpc) is 3.01. The molecule has 1 fully saturated rings. The molecule has 0 radical (unpaired) electrons. The molecule has 0 bridgehead atoms. The van der Waals surface area contributed by atoms with Gasteiger partial charge in [0.15, 0.2) is 0 Å². The SMILES string of the molecule is Clc1ccccc1Cn1cc(CNC2CCCCCCC2)c2ccccc21. The van der Waals surface area contributed by atoms with E-state index in [1.807, 2.05) is 12.1 Å². The maximum atomic E-state index is 6.40. The molecule has 3 heteroatoms. The highest BCUT2D eigenvalue weighted by Crippen LogP contribution is 2.25. The molecule has 1 saturated carbocycles. The van der Waals surface area contributed by atoms with Crippen molar-refractivity contribution < 1.29 is 0 Å². The molecule has 27 heavy (non-hydrogen) atoms. The molecule has 1 aromatic heterocycles. The number of benzene rings is 2. The Balaban J connectivity index is 1.53. The van der Waals surface area contributed by atoms with Crippen LogP contribution in [-0.4, -0.2) is 10.6 Å². The predicted octanol–water partition coefficient (Wildman–Crippen LogP) is 6.55. The van der Waals surface area contributed by atoms with Crippen molar-refractivity contribution in [3.63, 3.8) is 0 Å². The molecule has 3 aromatic rings. The summed E-state index contributed by atoms with van der Waals surface area (Å²) < 4.78 is 2.34. The van der Waals surface area contributed by atoms with E-state index in [1.54, 1.807) is 0 Å². The second-order valence-corrected chi connectivity index (χ2v) is 8.22. The Bertz CT molecular complexity index is 875. The normalized spacial score (nSPS) is 16.3. The number of hydrogen-bond acceptors (Lipinski definition) is 1. The first-order chi connectivity index (χ1) is 13.3. The number of hydrogen-bond donors (Lipinski definition) is 1. The Morgan fingerprint density at radius 3 is 2.37 bits per heavy atom. The molecular weight excluding hydrogens is 352 g/mol. The van der Waals surface area contributed by atoms with E-state index in [-0.39, 0.29) is 0 Å². The molecule has 2 nitrogen and oxygen atoms in total. The van der Waals surface area contributed by atoms with Gasteiger partial charge < -0.3 is 9.88 Å². The van der Waals surface area contributed by atoms with Crippen LogP contribution in [0.3, 0.4) is 0 Å². The van der Waals surface area contributed by atoms with Crippen LogP contribution in [0.5, 0.6) is 0 Å². The summed E-state index contributed by atoms with van der Waals surface area (Å²) in [6, 6.07) is 17.5. The van der Waals surface area contributed by atoms with Gasteiger partial charge in [0, 0.05) is 41.3 Å².